The summed E-state index contributed by atoms with van der Waals surface area (Å²) in [6, 6.07) is 9.06. The monoisotopic (exact) mass is 462 g/mol. The average Bonchev–Trinajstić information content (AvgIpc) is 3.42. The summed E-state index contributed by atoms with van der Waals surface area (Å²) in [5.41, 5.74) is 2.30. The number of nitrogens with zero attached hydrogens (tertiary/aromatic N) is 4. The van der Waals surface area contributed by atoms with Gasteiger partial charge in [0, 0.05) is 50.8 Å². The number of ketones is 1. The maximum atomic E-state index is 12.9. The van der Waals surface area contributed by atoms with Gasteiger partial charge in [0.15, 0.2) is 11.5 Å². The van der Waals surface area contributed by atoms with E-state index in [0.717, 1.165) is 11.3 Å². The van der Waals surface area contributed by atoms with E-state index in [1.807, 2.05) is 23.1 Å². The SMILES string of the molecule is COc1ccc([C@@H]2CC(=O)c3cnc(N4CCN(C(=O)c5ccco5)CC4)nc3C2)c(OC)c1. The predicted octanol–water partition coefficient (Wildman–Crippen LogP) is 2.96. The molecule has 1 atom stereocenters. The van der Waals surface area contributed by atoms with E-state index >= 15 is 0 Å². The zero-order chi connectivity index (χ0) is 23.7. The maximum Gasteiger partial charge on any atom is 0.289 e. The summed E-state index contributed by atoms with van der Waals surface area (Å²) in [4.78, 5) is 38.5. The minimum absolute atomic E-state index is 0.0320. The lowest BCUT2D eigenvalue weighted by Gasteiger charge is -2.34. The first kappa shape index (κ1) is 21.9. The number of anilines is 1. The van der Waals surface area contributed by atoms with Crippen LogP contribution in [-0.2, 0) is 6.42 Å². The molecule has 0 N–H and O–H groups in total. The van der Waals surface area contributed by atoms with Gasteiger partial charge < -0.3 is 23.7 Å². The number of hydrogen-bond donors (Lipinski definition) is 0. The van der Waals surface area contributed by atoms with Crippen LogP contribution in [0.1, 0.15) is 44.5 Å². The molecule has 176 valence electrons. The smallest absolute Gasteiger partial charge is 0.289 e. The predicted molar refractivity (Wildman–Crippen MR) is 124 cm³/mol. The second-order valence-corrected chi connectivity index (χ2v) is 8.42. The van der Waals surface area contributed by atoms with Gasteiger partial charge in [0.25, 0.3) is 5.91 Å². The van der Waals surface area contributed by atoms with Gasteiger partial charge in [-0.25, -0.2) is 9.97 Å². The molecule has 1 aromatic carbocycles. The minimum atomic E-state index is -0.113. The molecule has 3 heterocycles. The summed E-state index contributed by atoms with van der Waals surface area (Å²) in [5.74, 6) is 2.22. The third-order valence-corrected chi connectivity index (χ3v) is 6.49. The van der Waals surface area contributed by atoms with Crippen LogP contribution in [0.5, 0.6) is 11.5 Å². The minimum Gasteiger partial charge on any atom is -0.497 e. The molecule has 0 spiro atoms. The Bertz CT molecular complexity index is 1200. The van der Waals surface area contributed by atoms with E-state index in [1.165, 1.54) is 6.26 Å². The number of ether oxygens (including phenoxy) is 2. The Labute approximate surface area is 197 Å². The normalized spacial score (nSPS) is 17.9. The third kappa shape index (κ3) is 4.09. The van der Waals surface area contributed by atoms with Crippen molar-refractivity contribution in [3.05, 3.63) is 65.4 Å². The van der Waals surface area contributed by atoms with Gasteiger partial charge in [-0.15, -0.1) is 0 Å². The van der Waals surface area contributed by atoms with Crippen LogP contribution in [0.4, 0.5) is 5.95 Å². The first-order chi connectivity index (χ1) is 16.6. The fraction of sp³-hybridized carbons (Fsp3) is 0.360. The summed E-state index contributed by atoms with van der Waals surface area (Å²) in [5, 5.41) is 0. The topological polar surface area (TPSA) is 98.0 Å². The molecule has 0 saturated carbocycles. The molecule has 1 amide bonds. The summed E-state index contributed by atoms with van der Waals surface area (Å²) >= 11 is 0. The molecule has 2 aliphatic rings. The maximum absolute atomic E-state index is 12.9. The van der Waals surface area contributed by atoms with Crippen LogP contribution >= 0.6 is 0 Å². The lowest BCUT2D eigenvalue weighted by Crippen LogP contribution is -2.49. The van der Waals surface area contributed by atoms with Gasteiger partial charge in [0.1, 0.15) is 11.5 Å². The number of rotatable bonds is 5. The average molecular weight is 463 g/mol. The molecule has 1 fully saturated rings. The van der Waals surface area contributed by atoms with Crippen LogP contribution in [0, 0.1) is 0 Å². The van der Waals surface area contributed by atoms with Gasteiger partial charge in [-0.05, 0) is 30.2 Å². The highest BCUT2D eigenvalue weighted by Gasteiger charge is 2.31. The number of fused-ring (bicyclic) bond motifs is 1. The highest BCUT2D eigenvalue weighted by Crippen LogP contribution is 2.38. The Morgan fingerprint density at radius 2 is 1.91 bits per heavy atom. The second kappa shape index (κ2) is 9.17. The largest absolute Gasteiger partial charge is 0.497 e. The summed E-state index contributed by atoms with van der Waals surface area (Å²) in [6.07, 6.45) is 4.14. The highest BCUT2D eigenvalue weighted by atomic mass is 16.5. The molecule has 0 bridgehead atoms. The summed E-state index contributed by atoms with van der Waals surface area (Å²) in [7, 11) is 3.23. The number of methoxy groups -OCH3 is 2. The van der Waals surface area contributed by atoms with Crippen molar-refractivity contribution in [3.8, 4) is 11.5 Å². The number of aromatic nitrogens is 2. The van der Waals surface area contributed by atoms with Crippen molar-refractivity contribution < 1.29 is 23.5 Å². The molecule has 0 unspecified atom stereocenters. The van der Waals surface area contributed by atoms with Gasteiger partial charge in [-0.2, -0.15) is 0 Å². The van der Waals surface area contributed by atoms with Crippen molar-refractivity contribution in [2.75, 3.05) is 45.3 Å². The number of Topliss-reactive ketones (excluding diaryl/α,β-unsaturated/α-hetero) is 1. The van der Waals surface area contributed by atoms with Gasteiger partial charge in [-0.1, -0.05) is 6.07 Å². The zero-order valence-electron chi connectivity index (χ0n) is 19.2. The molecule has 1 aliphatic carbocycles. The quantitative estimate of drug-likeness (QED) is 0.571. The summed E-state index contributed by atoms with van der Waals surface area (Å²) < 4.78 is 16.1. The molecule has 5 rings (SSSR count). The van der Waals surface area contributed by atoms with Crippen LogP contribution in [0.2, 0.25) is 0 Å². The van der Waals surface area contributed by atoms with E-state index < -0.39 is 0 Å². The fourth-order valence-electron chi connectivity index (χ4n) is 4.63. The molecule has 1 saturated heterocycles. The molecule has 9 heteroatoms. The number of furan rings is 1. The van der Waals surface area contributed by atoms with Crippen molar-refractivity contribution >= 4 is 17.6 Å². The van der Waals surface area contributed by atoms with Crippen molar-refractivity contribution in [2.24, 2.45) is 0 Å². The fourth-order valence-corrected chi connectivity index (χ4v) is 4.63. The first-order valence-corrected chi connectivity index (χ1v) is 11.3. The third-order valence-electron chi connectivity index (χ3n) is 6.49. The lowest BCUT2D eigenvalue weighted by atomic mass is 9.82. The Balaban J connectivity index is 1.32. The van der Waals surface area contributed by atoms with E-state index in [9.17, 15) is 9.59 Å². The van der Waals surface area contributed by atoms with Crippen molar-refractivity contribution in [3.63, 3.8) is 0 Å². The van der Waals surface area contributed by atoms with E-state index in [4.69, 9.17) is 18.9 Å². The summed E-state index contributed by atoms with van der Waals surface area (Å²) in [6.45, 7) is 2.30. The van der Waals surface area contributed by atoms with E-state index in [1.54, 1.807) is 37.4 Å². The van der Waals surface area contributed by atoms with E-state index in [2.05, 4.69) is 4.98 Å². The Morgan fingerprint density at radius 3 is 2.62 bits per heavy atom. The van der Waals surface area contributed by atoms with Crippen LogP contribution in [0.3, 0.4) is 0 Å². The standard InChI is InChI=1S/C25H26N4O5/c1-32-17-5-6-18(23(14-17)33-2)16-12-20-19(21(30)13-16)15-26-25(27-20)29-9-7-28(8-10-29)24(31)22-4-3-11-34-22/h3-6,11,14-16H,7-10,12-13H2,1-2H3/t16-/m0/s1. The van der Waals surface area contributed by atoms with Gasteiger partial charge >= 0.3 is 0 Å². The molecule has 34 heavy (non-hydrogen) atoms. The van der Waals surface area contributed by atoms with Crippen molar-refractivity contribution in [1.29, 1.82) is 0 Å². The van der Waals surface area contributed by atoms with Crippen LogP contribution in [-0.4, -0.2) is 67.0 Å². The Hall–Kier alpha value is -3.88. The molecular weight excluding hydrogens is 436 g/mol. The van der Waals surface area contributed by atoms with E-state index in [-0.39, 0.29) is 17.6 Å². The molecule has 2 aromatic heterocycles. The van der Waals surface area contributed by atoms with Gasteiger partial charge in [-0.3, -0.25) is 9.59 Å². The Kier molecular flexibility index (Phi) is 5.91. The lowest BCUT2D eigenvalue weighted by molar-refractivity contribution is 0.0714. The van der Waals surface area contributed by atoms with Crippen LogP contribution < -0.4 is 14.4 Å². The highest BCUT2D eigenvalue weighted by molar-refractivity contribution is 5.98. The Morgan fingerprint density at radius 1 is 1.09 bits per heavy atom. The van der Waals surface area contributed by atoms with Gasteiger partial charge in [0.2, 0.25) is 5.95 Å². The molecule has 1 aliphatic heterocycles. The second-order valence-electron chi connectivity index (χ2n) is 8.42. The van der Waals surface area contributed by atoms with Crippen molar-refractivity contribution in [2.45, 2.75) is 18.8 Å². The van der Waals surface area contributed by atoms with Crippen molar-refractivity contribution in [1.82, 2.24) is 14.9 Å². The number of benzene rings is 1. The molecular formula is C25H26N4O5. The molecule has 3 aromatic rings. The first-order valence-electron chi connectivity index (χ1n) is 11.3. The molecule has 9 nitrogen and oxygen atoms in total. The number of piperazine rings is 1. The van der Waals surface area contributed by atoms with Crippen LogP contribution in [0.25, 0.3) is 0 Å². The number of carbonyl (C=O) groups is 2. The molecule has 0 radical (unpaired) electrons. The van der Waals surface area contributed by atoms with Crippen LogP contribution in [0.15, 0.2) is 47.2 Å². The van der Waals surface area contributed by atoms with Gasteiger partial charge in [0.05, 0.1) is 31.7 Å². The number of amides is 1. The zero-order valence-corrected chi connectivity index (χ0v) is 19.2. The number of hydrogen-bond acceptors (Lipinski definition) is 8. The number of carbonyl (C=O) groups excluding carboxylic acids is 2. The van der Waals surface area contributed by atoms with E-state index in [0.29, 0.717) is 67.8 Å².